The molecule has 0 spiro atoms. The normalized spacial score (nSPS) is 11.5. The maximum Gasteiger partial charge on any atom is 0.165 e. The number of nitrogens with zero attached hydrogens (tertiary/aromatic N) is 4. The van der Waals surface area contributed by atoms with Crippen molar-refractivity contribution in [2.24, 2.45) is 5.73 Å². The van der Waals surface area contributed by atoms with Crippen molar-refractivity contribution in [1.29, 1.82) is 0 Å². The van der Waals surface area contributed by atoms with E-state index in [0.29, 0.717) is 35.1 Å². The van der Waals surface area contributed by atoms with Gasteiger partial charge in [-0.1, -0.05) is 41.9 Å². The van der Waals surface area contributed by atoms with Crippen LogP contribution in [0.1, 0.15) is 11.3 Å². The number of fused-ring (bicyclic) bond motifs is 2. The second-order valence-electron chi connectivity index (χ2n) is 6.84. The van der Waals surface area contributed by atoms with Crippen molar-refractivity contribution in [3.63, 3.8) is 0 Å². The first kappa shape index (κ1) is 17.7. The molecule has 0 radical (unpaired) electrons. The monoisotopic (exact) mass is 403 g/mol. The molecule has 0 aliphatic heterocycles. The van der Waals surface area contributed by atoms with Crippen molar-refractivity contribution < 1.29 is 0 Å². The summed E-state index contributed by atoms with van der Waals surface area (Å²) in [6.07, 6.45) is 3.18. The highest BCUT2D eigenvalue weighted by atomic mass is 35.5. The Labute approximate surface area is 171 Å². The molecular formula is C21H18ClN7. The average Bonchev–Trinajstić information content (AvgIpc) is 3.34. The molecule has 0 fully saturated rings. The lowest BCUT2D eigenvalue weighted by atomic mass is 9.99. The van der Waals surface area contributed by atoms with E-state index < -0.39 is 0 Å². The summed E-state index contributed by atoms with van der Waals surface area (Å²) in [4.78, 5) is 16.2. The van der Waals surface area contributed by atoms with Gasteiger partial charge < -0.3 is 21.0 Å². The molecule has 0 aliphatic rings. The van der Waals surface area contributed by atoms with Crippen LogP contribution in [0.3, 0.4) is 0 Å². The van der Waals surface area contributed by atoms with Gasteiger partial charge in [-0.05, 0) is 23.3 Å². The van der Waals surface area contributed by atoms with Crippen molar-refractivity contribution in [3.8, 4) is 11.1 Å². The van der Waals surface area contributed by atoms with Crippen molar-refractivity contribution in [1.82, 2.24) is 24.5 Å². The number of nitrogens with one attached hydrogen (secondary N) is 1. The number of hydrogen-bond acceptors (Lipinski definition) is 5. The molecule has 5 aromatic rings. The number of halogens is 1. The molecule has 0 bridgehead atoms. The molecule has 0 saturated heterocycles. The molecule has 2 aromatic carbocycles. The fourth-order valence-electron chi connectivity index (χ4n) is 3.69. The average molecular weight is 404 g/mol. The minimum absolute atomic E-state index is 0.373. The van der Waals surface area contributed by atoms with E-state index >= 15 is 0 Å². The number of aromatic amines is 1. The SMILES string of the molecule is NCc1cc2c(-c3ccccc3Cl)ccc(Cn3cnc4c(N)ncnc43)c2[nH]1. The molecule has 144 valence electrons. The van der Waals surface area contributed by atoms with Gasteiger partial charge in [-0.15, -0.1) is 0 Å². The summed E-state index contributed by atoms with van der Waals surface area (Å²) in [5, 5.41) is 1.79. The largest absolute Gasteiger partial charge is 0.382 e. The Morgan fingerprint density at radius 2 is 1.90 bits per heavy atom. The number of benzene rings is 2. The van der Waals surface area contributed by atoms with Crippen LogP contribution in [0, 0.1) is 0 Å². The lowest BCUT2D eigenvalue weighted by Gasteiger charge is -2.11. The van der Waals surface area contributed by atoms with Crippen LogP contribution in [0.4, 0.5) is 5.82 Å². The predicted octanol–water partition coefficient (Wildman–Crippen LogP) is 3.72. The summed E-state index contributed by atoms with van der Waals surface area (Å²) in [5.74, 6) is 0.373. The van der Waals surface area contributed by atoms with Crippen LogP contribution in [0.5, 0.6) is 0 Å². The molecule has 5 N–H and O–H groups in total. The van der Waals surface area contributed by atoms with Gasteiger partial charge in [0.05, 0.1) is 18.4 Å². The second kappa shape index (κ2) is 6.88. The van der Waals surface area contributed by atoms with Crippen molar-refractivity contribution in [2.75, 3.05) is 5.73 Å². The van der Waals surface area contributed by atoms with E-state index in [0.717, 1.165) is 33.3 Å². The molecule has 5 rings (SSSR count). The van der Waals surface area contributed by atoms with Gasteiger partial charge >= 0.3 is 0 Å². The quantitative estimate of drug-likeness (QED) is 0.423. The summed E-state index contributed by atoms with van der Waals surface area (Å²) in [6.45, 7) is 1.00. The Hall–Kier alpha value is -3.42. The maximum atomic E-state index is 6.46. The van der Waals surface area contributed by atoms with Gasteiger partial charge in [-0.25, -0.2) is 15.0 Å². The van der Waals surface area contributed by atoms with Crippen molar-refractivity contribution in [2.45, 2.75) is 13.1 Å². The van der Waals surface area contributed by atoms with Gasteiger partial charge in [-0.3, -0.25) is 0 Å². The first-order valence-corrected chi connectivity index (χ1v) is 9.53. The van der Waals surface area contributed by atoms with E-state index in [2.05, 4.69) is 38.1 Å². The van der Waals surface area contributed by atoms with E-state index in [1.165, 1.54) is 6.33 Å². The lowest BCUT2D eigenvalue weighted by Crippen LogP contribution is -2.02. The van der Waals surface area contributed by atoms with Crippen molar-refractivity contribution in [3.05, 3.63) is 71.4 Å². The van der Waals surface area contributed by atoms with Crippen LogP contribution < -0.4 is 11.5 Å². The third-order valence-electron chi connectivity index (χ3n) is 5.09. The zero-order valence-corrected chi connectivity index (χ0v) is 16.2. The topological polar surface area (TPSA) is 111 Å². The molecule has 0 amide bonds. The van der Waals surface area contributed by atoms with E-state index in [-0.39, 0.29) is 0 Å². The summed E-state index contributed by atoms with van der Waals surface area (Å²) < 4.78 is 1.96. The zero-order valence-electron chi connectivity index (χ0n) is 15.4. The van der Waals surface area contributed by atoms with E-state index in [1.54, 1.807) is 6.33 Å². The lowest BCUT2D eigenvalue weighted by molar-refractivity contribution is 0.817. The standard InChI is InChI=1S/C21H18ClN7/c22-17-4-2-1-3-15(17)14-6-5-12(18-16(14)7-13(8-23)28-18)9-29-11-27-19-20(24)25-10-26-21(19)29/h1-7,10-11,28H,8-9,23H2,(H2,24,25,26). The van der Waals surface area contributed by atoms with Crippen LogP contribution in [0.15, 0.2) is 55.1 Å². The molecule has 0 aliphatic carbocycles. The van der Waals surface area contributed by atoms with Gasteiger partial charge in [0.15, 0.2) is 11.5 Å². The Kier molecular flexibility index (Phi) is 4.19. The number of aromatic nitrogens is 5. The minimum Gasteiger partial charge on any atom is -0.382 e. The molecule has 0 atom stereocenters. The van der Waals surface area contributed by atoms with Crippen LogP contribution >= 0.6 is 11.6 Å². The van der Waals surface area contributed by atoms with Crippen LogP contribution in [-0.2, 0) is 13.1 Å². The number of H-pyrrole nitrogens is 1. The van der Waals surface area contributed by atoms with Crippen LogP contribution in [-0.4, -0.2) is 24.5 Å². The van der Waals surface area contributed by atoms with Gasteiger partial charge in [0.2, 0.25) is 0 Å². The molecule has 8 heteroatoms. The molecule has 0 saturated carbocycles. The third kappa shape index (κ3) is 2.91. The van der Waals surface area contributed by atoms with Crippen LogP contribution in [0.2, 0.25) is 5.02 Å². The Morgan fingerprint density at radius 3 is 2.72 bits per heavy atom. The maximum absolute atomic E-state index is 6.46. The summed E-state index contributed by atoms with van der Waals surface area (Å²) in [6, 6.07) is 14.1. The fraction of sp³-hybridized carbons (Fsp3) is 0.0952. The first-order chi connectivity index (χ1) is 14.2. The number of nitrogen functional groups attached to an aromatic ring is 1. The smallest absolute Gasteiger partial charge is 0.165 e. The summed E-state index contributed by atoms with van der Waals surface area (Å²) in [7, 11) is 0. The number of nitrogens with two attached hydrogens (primary N) is 2. The molecule has 3 aromatic heterocycles. The highest BCUT2D eigenvalue weighted by molar-refractivity contribution is 6.33. The number of rotatable bonds is 4. The molecule has 7 nitrogen and oxygen atoms in total. The highest BCUT2D eigenvalue weighted by Crippen LogP contribution is 2.35. The summed E-state index contributed by atoms with van der Waals surface area (Å²) in [5.41, 5.74) is 18.2. The van der Waals surface area contributed by atoms with Gasteiger partial charge in [0.1, 0.15) is 11.8 Å². The molecule has 29 heavy (non-hydrogen) atoms. The van der Waals surface area contributed by atoms with E-state index in [9.17, 15) is 0 Å². The van der Waals surface area contributed by atoms with Gasteiger partial charge in [0.25, 0.3) is 0 Å². The Bertz CT molecular complexity index is 1350. The van der Waals surface area contributed by atoms with Gasteiger partial charge in [0, 0.05) is 28.2 Å². The number of anilines is 1. The zero-order chi connectivity index (χ0) is 20.0. The molecule has 3 heterocycles. The number of imidazole rings is 1. The van der Waals surface area contributed by atoms with Gasteiger partial charge in [-0.2, -0.15) is 0 Å². The van der Waals surface area contributed by atoms with E-state index in [1.807, 2.05) is 28.8 Å². The summed E-state index contributed by atoms with van der Waals surface area (Å²) >= 11 is 6.46. The molecule has 0 unspecified atom stereocenters. The van der Waals surface area contributed by atoms with Crippen molar-refractivity contribution >= 4 is 39.5 Å². The fourth-order valence-corrected chi connectivity index (χ4v) is 3.92. The Morgan fingerprint density at radius 1 is 1.03 bits per heavy atom. The second-order valence-corrected chi connectivity index (χ2v) is 7.25. The minimum atomic E-state index is 0.373. The van der Waals surface area contributed by atoms with E-state index in [4.69, 9.17) is 23.1 Å². The van der Waals surface area contributed by atoms with Crippen LogP contribution in [0.25, 0.3) is 33.2 Å². The molecular weight excluding hydrogens is 386 g/mol. The first-order valence-electron chi connectivity index (χ1n) is 9.15. The highest BCUT2D eigenvalue weighted by Gasteiger charge is 2.15. The predicted molar refractivity (Wildman–Crippen MR) is 115 cm³/mol. The third-order valence-corrected chi connectivity index (χ3v) is 5.42. The number of hydrogen-bond donors (Lipinski definition) is 3. The Balaban J connectivity index is 1.67.